The SMILES string of the molecule is CCCCCCCC(=O)N[C@@H](CCCCN)C(=O)N[C@@H](Cc1c[nH]c2ccccc12)C(=O)N[C@@H](CCCCN)C(=O)N[C@@H](CC(C)C)C(=O)N[C@@H](Cc1ccccc1)C(=O)N[C@@H](CCCCN)C(=O)N[C@@H](CCCCN)C(=O)N[C@H](C(=O)NCC(=O)N[C@@H](C)C(=O)N[C@H](C(=O)N[C@@H](CC(C)C)C(=O)N[C@@H](CCCCN)C(=O)N[C@H](C(=O)N[C@@H](CC(C)C)C(=O)O)C(C)C)C(C)C)[C@@H](C)CC. The molecule has 0 bridgehead atoms. The maximum Gasteiger partial charge on any atom is 0.326 e. The highest BCUT2D eigenvalue weighted by Gasteiger charge is 2.40. The highest BCUT2D eigenvalue weighted by molar-refractivity contribution is 6.01. The number of benzene rings is 2. The molecule has 38 heteroatoms. The van der Waals surface area contributed by atoms with E-state index < -0.39 is 198 Å². The van der Waals surface area contributed by atoms with E-state index in [1.807, 2.05) is 52.0 Å². The monoisotopic (exact) mass is 1900 g/mol. The van der Waals surface area contributed by atoms with Crippen molar-refractivity contribution in [2.75, 3.05) is 39.3 Å². The van der Waals surface area contributed by atoms with Crippen molar-refractivity contribution in [3.05, 3.63) is 71.9 Å². The maximum atomic E-state index is 15.1. The molecule has 135 heavy (non-hydrogen) atoms. The van der Waals surface area contributed by atoms with Crippen LogP contribution in [0.4, 0.5) is 0 Å². The molecule has 0 fully saturated rings. The van der Waals surface area contributed by atoms with E-state index in [1.54, 1.807) is 91.9 Å². The van der Waals surface area contributed by atoms with Crippen LogP contribution in [-0.4, -0.2) is 229 Å². The number of nitrogens with one attached hydrogen (secondary N) is 16. The third kappa shape index (κ3) is 45.2. The molecule has 0 aliphatic carbocycles. The first-order chi connectivity index (χ1) is 64.2. The number of carboxylic acids is 1. The van der Waals surface area contributed by atoms with Crippen LogP contribution < -0.4 is 108 Å². The number of aliphatic carboxylic acids is 1. The van der Waals surface area contributed by atoms with E-state index in [-0.39, 0.29) is 120 Å². The van der Waals surface area contributed by atoms with E-state index >= 15 is 19.2 Å². The van der Waals surface area contributed by atoms with Crippen molar-refractivity contribution >= 4 is 105 Å². The molecule has 15 amide bonds. The summed E-state index contributed by atoms with van der Waals surface area (Å²) in [6.07, 6.45) is 11.5. The number of aromatic amines is 1. The number of nitrogens with two attached hydrogens (primary N) is 5. The summed E-state index contributed by atoms with van der Waals surface area (Å²) in [5.74, 6) is -14.4. The Kier molecular flexibility index (Phi) is 57.1. The Morgan fingerprint density at radius 2 is 0.674 bits per heavy atom. The minimum absolute atomic E-state index is 0.000798. The van der Waals surface area contributed by atoms with Gasteiger partial charge in [0.1, 0.15) is 84.6 Å². The van der Waals surface area contributed by atoms with Gasteiger partial charge in [-0.15, -0.1) is 0 Å². The summed E-state index contributed by atoms with van der Waals surface area (Å²) >= 11 is 0. The van der Waals surface area contributed by atoms with Crippen molar-refractivity contribution in [3.8, 4) is 0 Å². The molecule has 0 saturated carbocycles. The topological polar surface area (TPSA) is 620 Å². The van der Waals surface area contributed by atoms with Crippen molar-refractivity contribution in [2.45, 2.75) is 355 Å². The summed E-state index contributed by atoms with van der Waals surface area (Å²) in [5, 5.41) is 52.0. The molecular formula is C97H165N21O17. The molecule has 0 aliphatic rings. The van der Waals surface area contributed by atoms with E-state index in [0.717, 1.165) is 36.6 Å². The Morgan fingerprint density at radius 1 is 0.326 bits per heavy atom. The Balaban J connectivity index is 1.91. The van der Waals surface area contributed by atoms with Crippen LogP contribution in [0.25, 0.3) is 10.9 Å². The minimum atomic E-state index is -1.41. The second kappa shape index (κ2) is 65.1. The predicted molar refractivity (Wildman–Crippen MR) is 521 cm³/mol. The Bertz CT molecular complexity index is 4170. The molecule has 38 nitrogen and oxygen atoms in total. The van der Waals surface area contributed by atoms with Crippen LogP contribution in [0.1, 0.15) is 269 Å². The summed E-state index contributed by atoms with van der Waals surface area (Å²) < 4.78 is 0. The highest BCUT2D eigenvalue weighted by atomic mass is 16.4. The van der Waals surface area contributed by atoms with Crippen LogP contribution in [0.15, 0.2) is 60.8 Å². The molecule has 2 aromatic carbocycles. The number of fused-ring (bicyclic) bond motifs is 1. The van der Waals surface area contributed by atoms with Crippen LogP contribution in [0, 0.1) is 35.5 Å². The Labute approximate surface area is 798 Å². The molecular weight excluding hydrogens is 1730 g/mol. The number of carboxylic acid groups (broad SMARTS) is 1. The predicted octanol–water partition coefficient (Wildman–Crippen LogP) is 3.46. The number of rotatable bonds is 70. The Morgan fingerprint density at radius 3 is 1.09 bits per heavy atom. The third-order valence-corrected chi connectivity index (χ3v) is 23.6. The van der Waals surface area contributed by atoms with Crippen LogP contribution in [0.3, 0.4) is 0 Å². The number of carbonyl (C=O) groups is 16. The number of amides is 15. The highest BCUT2D eigenvalue weighted by Crippen LogP contribution is 2.22. The fourth-order valence-electron chi connectivity index (χ4n) is 15.5. The van der Waals surface area contributed by atoms with E-state index in [9.17, 15) is 62.6 Å². The van der Waals surface area contributed by atoms with Crippen molar-refractivity contribution in [2.24, 2.45) is 64.2 Å². The fraction of sp³-hybridized carbons (Fsp3) is 0.691. The van der Waals surface area contributed by atoms with E-state index in [2.05, 4.69) is 91.7 Å². The van der Waals surface area contributed by atoms with E-state index in [0.29, 0.717) is 94.7 Å². The van der Waals surface area contributed by atoms with E-state index in [1.165, 1.54) is 6.92 Å². The van der Waals surface area contributed by atoms with Crippen LogP contribution >= 0.6 is 0 Å². The van der Waals surface area contributed by atoms with Gasteiger partial charge >= 0.3 is 5.97 Å². The van der Waals surface area contributed by atoms with Gasteiger partial charge in [-0.05, 0) is 214 Å². The number of unbranched alkanes of at least 4 members (excludes halogenated alkanes) is 9. The second-order valence-electron chi connectivity index (χ2n) is 37.6. The second-order valence-corrected chi connectivity index (χ2v) is 37.6. The fourth-order valence-corrected chi connectivity index (χ4v) is 15.5. The normalized spacial score (nSPS) is 14.8. The lowest BCUT2D eigenvalue weighted by Crippen LogP contribution is -2.61. The van der Waals surface area contributed by atoms with Crippen LogP contribution in [0.5, 0.6) is 0 Å². The molecule has 1 aromatic heterocycles. The summed E-state index contributed by atoms with van der Waals surface area (Å²) in [6, 6.07) is -1.67. The summed E-state index contributed by atoms with van der Waals surface area (Å²) in [7, 11) is 0. The average Bonchev–Trinajstić information content (AvgIpc) is 1.69. The molecule has 0 saturated heterocycles. The molecule has 0 spiro atoms. The Hall–Kier alpha value is -10.7. The van der Waals surface area contributed by atoms with Crippen molar-refractivity contribution in [1.82, 2.24) is 84.7 Å². The third-order valence-electron chi connectivity index (χ3n) is 23.6. The maximum absolute atomic E-state index is 15.1. The minimum Gasteiger partial charge on any atom is -0.480 e. The van der Waals surface area contributed by atoms with Gasteiger partial charge < -0.3 is 119 Å². The molecule has 0 aliphatic heterocycles. The lowest BCUT2D eigenvalue weighted by molar-refractivity contribution is -0.143. The first-order valence-electron chi connectivity index (χ1n) is 49.0. The molecule has 15 atom stereocenters. The molecule has 27 N–H and O–H groups in total. The first kappa shape index (κ1) is 118. The van der Waals surface area contributed by atoms with Gasteiger partial charge in [0.25, 0.3) is 0 Å². The van der Waals surface area contributed by atoms with Gasteiger partial charge in [0.2, 0.25) is 88.6 Å². The summed E-state index contributed by atoms with van der Waals surface area (Å²) in [4.78, 5) is 231. The quantitative estimate of drug-likeness (QED) is 0.0360. The van der Waals surface area contributed by atoms with E-state index in [4.69, 9.17) is 28.7 Å². The number of para-hydroxylation sites is 1. The number of hydrogen-bond donors (Lipinski definition) is 22. The van der Waals surface area contributed by atoms with Crippen molar-refractivity contribution in [1.29, 1.82) is 0 Å². The van der Waals surface area contributed by atoms with Gasteiger partial charge in [-0.3, -0.25) is 71.9 Å². The van der Waals surface area contributed by atoms with Gasteiger partial charge in [0.05, 0.1) is 6.54 Å². The molecule has 3 rings (SSSR count). The van der Waals surface area contributed by atoms with Gasteiger partial charge in [-0.2, -0.15) is 0 Å². The number of aromatic nitrogens is 1. The molecule has 0 radical (unpaired) electrons. The zero-order valence-corrected chi connectivity index (χ0v) is 82.5. The largest absolute Gasteiger partial charge is 0.480 e. The number of H-pyrrole nitrogens is 1. The first-order valence-corrected chi connectivity index (χ1v) is 49.0. The van der Waals surface area contributed by atoms with Gasteiger partial charge in [-0.1, -0.05) is 171 Å². The molecule has 760 valence electrons. The zero-order valence-electron chi connectivity index (χ0n) is 82.5. The van der Waals surface area contributed by atoms with Crippen molar-refractivity contribution in [3.63, 3.8) is 0 Å². The van der Waals surface area contributed by atoms with Crippen molar-refractivity contribution < 1.29 is 81.8 Å². The number of hydrogen-bond acceptors (Lipinski definition) is 21. The average molecular weight is 1900 g/mol. The zero-order chi connectivity index (χ0) is 101. The lowest BCUT2D eigenvalue weighted by atomic mass is 9.97. The standard InChI is InChI=1S/C97H165N21O17/c1-15-17-18-19-23-45-79(119)106-69(40-26-31-46-98)85(122)113-77(55-66-56-103-68-39-25-24-38-67(66)68)93(130)109-71(42-28-33-48-100)87(124)111-74(51-58(3)4)91(128)112-76(54-65-36-21-20-22-37-65)92(129)108-70(41-27-32-47-99)86(123)107-73(44-30-35-50-102)89(126)118-83(63(13)16-2)94(131)104-57-80(120)105-64(14)84(121)116-81(61(9)10)95(132)114-75(52-59(5)6)90(127)110-72(43-29-34-49-101)88(125)117-82(62(11)12)96(133)115-78(97(134)135)53-60(7)8/h20-22,24-25,36-39,56,58-64,69-78,81-83,103H,15-19,23,26-35,40-55,57,98-102H2,1-14H3,(H,104,131)(H,105,120)(H,106,119)(H,107,123)(H,108,129)(H,109,130)(H,110,127)(H,111,124)(H,112,128)(H,113,122)(H,114,132)(H,115,133)(H,116,121)(H,117,125)(H,118,126)(H,134,135)/t63-,64-,69-,70-,71-,72-,73-,74-,75-,76-,77-,78-,81-,82-,83-/m0/s1. The van der Waals surface area contributed by atoms with Crippen LogP contribution in [-0.2, 0) is 89.6 Å². The molecule has 3 aromatic rings. The number of carbonyl (C=O) groups excluding carboxylic acids is 15. The van der Waals surface area contributed by atoms with Gasteiger partial charge in [0.15, 0.2) is 0 Å². The molecule has 1 heterocycles. The smallest absolute Gasteiger partial charge is 0.326 e. The molecule has 0 unspecified atom stereocenters. The van der Waals surface area contributed by atoms with Gasteiger partial charge in [-0.25, -0.2) is 4.79 Å². The lowest BCUT2D eigenvalue weighted by Gasteiger charge is -2.29. The van der Waals surface area contributed by atoms with Crippen LogP contribution in [0.2, 0.25) is 0 Å². The summed E-state index contributed by atoms with van der Waals surface area (Å²) in [5.41, 5.74) is 31.6. The van der Waals surface area contributed by atoms with Gasteiger partial charge in [0, 0.05) is 36.4 Å². The summed E-state index contributed by atoms with van der Waals surface area (Å²) in [6.45, 7) is 25.1.